The second-order valence-corrected chi connectivity index (χ2v) is 8.40. The van der Waals surface area contributed by atoms with Crippen LogP contribution in [0.1, 0.15) is 13.8 Å². The van der Waals surface area contributed by atoms with Crippen LogP contribution in [0.25, 0.3) is 0 Å². The first-order valence-electron chi connectivity index (χ1n) is 9.64. The molecule has 0 saturated carbocycles. The maximum Gasteiger partial charge on any atom is 0.335 e. The topological polar surface area (TPSA) is 63.2 Å². The van der Waals surface area contributed by atoms with Gasteiger partial charge in [0.15, 0.2) is 11.4 Å². The van der Waals surface area contributed by atoms with E-state index < -0.39 is 23.3 Å². The van der Waals surface area contributed by atoms with E-state index in [-0.39, 0.29) is 12.0 Å². The van der Waals surface area contributed by atoms with Crippen LogP contribution in [0.5, 0.6) is 11.5 Å². The van der Waals surface area contributed by atoms with Gasteiger partial charge in [-0.3, -0.25) is 0 Å². The molecule has 6 heteroatoms. The lowest BCUT2D eigenvalue weighted by molar-refractivity contribution is -0.294. The Morgan fingerprint density at radius 3 is 2.41 bits per heavy atom. The average molecular weight is 398 g/mol. The van der Waals surface area contributed by atoms with Crippen LogP contribution in [-0.4, -0.2) is 44.3 Å². The van der Waals surface area contributed by atoms with E-state index in [9.17, 15) is 4.79 Å². The maximum absolute atomic E-state index is 12.7. The molecule has 3 aliphatic rings. The van der Waals surface area contributed by atoms with Gasteiger partial charge >= 0.3 is 5.97 Å². The summed E-state index contributed by atoms with van der Waals surface area (Å²) in [6.07, 6.45) is 6.94. The highest BCUT2D eigenvalue weighted by molar-refractivity contribution is 5.93. The maximum atomic E-state index is 12.7. The summed E-state index contributed by atoms with van der Waals surface area (Å²) in [5.41, 5.74) is -0.633. The van der Waals surface area contributed by atoms with E-state index >= 15 is 0 Å². The van der Waals surface area contributed by atoms with Crippen molar-refractivity contribution in [2.75, 3.05) is 26.9 Å². The third kappa shape index (κ3) is 3.36. The number of methoxy groups -OCH3 is 1. The van der Waals surface area contributed by atoms with Gasteiger partial charge in [0.25, 0.3) is 0 Å². The van der Waals surface area contributed by atoms with Crippen LogP contribution in [0, 0.1) is 11.3 Å². The van der Waals surface area contributed by atoms with E-state index in [0.29, 0.717) is 24.5 Å². The molecule has 6 nitrogen and oxygen atoms in total. The van der Waals surface area contributed by atoms with Crippen molar-refractivity contribution in [1.82, 2.24) is 0 Å². The first kappa shape index (κ1) is 19.7. The van der Waals surface area contributed by atoms with Crippen molar-refractivity contribution < 1.29 is 28.5 Å². The third-order valence-corrected chi connectivity index (χ3v) is 5.52. The molecule has 29 heavy (non-hydrogen) atoms. The van der Waals surface area contributed by atoms with Gasteiger partial charge in [-0.25, -0.2) is 4.79 Å². The van der Waals surface area contributed by atoms with Crippen molar-refractivity contribution in [3.8, 4) is 11.5 Å². The Balaban J connectivity index is 1.62. The van der Waals surface area contributed by atoms with Crippen molar-refractivity contribution in [1.29, 1.82) is 0 Å². The molecule has 0 N–H and O–H groups in total. The summed E-state index contributed by atoms with van der Waals surface area (Å²) in [4.78, 5) is 12.7. The van der Waals surface area contributed by atoms with Crippen molar-refractivity contribution in [3.63, 3.8) is 0 Å². The van der Waals surface area contributed by atoms with Crippen LogP contribution < -0.4 is 9.47 Å². The fourth-order valence-corrected chi connectivity index (χ4v) is 4.00. The SMILES string of the molecule is C=C/C=C1\C(=O)O[C@@]2(COc3ccc(OC)cc3)C=CC3(OCC(C)(C)CO3)[C@@H]12. The molecule has 0 amide bonds. The minimum atomic E-state index is -1.06. The van der Waals surface area contributed by atoms with Crippen LogP contribution in [0.3, 0.4) is 0 Å². The summed E-state index contributed by atoms with van der Waals surface area (Å²) in [5.74, 6) is -0.552. The molecule has 2 fully saturated rings. The van der Waals surface area contributed by atoms with E-state index in [1.54, 1.807) is 19.3 Å². The molecule has 0 unspecified atom stereocenters. The first-order chi connectivity index (χ1) is 13.8. The molecular formula is C23H26O6. The number of carbonyl (C=O) groups is 1. The zero-order valence-corrected chi connectivity index (χ0v) is 17.0. The summed E-state index contributed by atoms with van der Waals surface area (Å²) in [7, 11) is 1.61. The van der Waals surface area contributed by atoms with Crippen LogP contribution in [0.4, 0.5) is 0 Å². The highest BCUT2D eigenvalue weighted by Gasteiger charge is 2.66. The average Bonchev–Trinajstić information content (AvgIpc) is 3.16. The Hall–Kier alpha value is -2.57. The largest absolute Gasteiger partial charge is 0.497 e. The minimum absolute atomic E-state index is 0.101. The molecule has 1 spiro atoms. The van der Waals surface area contributed by atoms with Crippen LogP contribution in [0.2, 0.25) is 0 Å². The fraction of sp³-hybridized carbons (Fsp3) is 0.435. The van der Waals surface area contributed by atoms with Crippen molar-refractivity contribution in [3.05, 3.63) is 60.7 Å². The van der Waals surface area contributed by atoms with Crippen molar-refractivity contribution in [2.45, 2.75) is 25.2 Å². The van der Waals surface area contributed by atoms with Crippen molar-refractivity contribution >= 4 is 5.97 Å². The zero-order chi connectivity index (χ0) is 20.7. The molecule has 2 saturated heterocycles. The minimum Gasteiger partial charge on any atom is -0.497 e. The van der Waals surface area contributed by atoms with Gasteiger partial charge in [-0.1, -0.05) is 32.6 Å². The van der Waals surface area contributed by atoms with Crippen LogP contribution in [-0.2, 0) is 19.0 Å². The molecule has 2 atom stereocenters. The number of benzene rings is 1. The van der Waals surface area contributed by atoms with Gasteiger partial charge in [0.1, 0.15) is 18.1 Å². The first-order valence-corrected chi connectivity index (χ1v) is 9.64. The number of allylic oxidation sites excluding steroid dienone is 2. The summed E-state index contributed by atoms with van der Waals surface area (Å²) in [6, 6.07) is 7.25. The number of carbonyl (C=O) groups excluding carboxylic acids is 1. The summed E-state index contributed by atoms with van der Waals surface area (Å²) in [6.45, 7) is 9.05. The molecule has 154 valence electrons. The van der Waals surface area contributed by atoms with Gasteiger partial charge < -0.3 is 23.7 Å². The predicted octanol–water partition coefficient (Wildman–Crippen LogP) is 3.44. The van der Waals surface area contributed by atoms with Gasteiger partial charge in [0.05, 0.1) is 31.8 Å². The molecule has 1 aromatic carbocycles. The van der Waals surface area contributed by atoms with E-state index in [0.717, 1.165) is 5.75 Å². The lowest BCUT2D eigenvalue weighted by atomic mass is 9.82. The van der Waals surface area contributed by atoms with Gasteiger partial charge in [-0.2, -0.15) is 0 Å². The Kier molecular flexibility index (Phi) is 4.79. The monoisotopic (exact) mass is 398 g/mol. The fourth-order valence-electron chi connectivity index (χ4n) is 4.00. The highest BCUT2D eigenvalue weighted by Crippen LogP contribution is 2.54. The van der Waals surface area contributed by atoms with Crippen molar-refractivity contribution in [2.24, 2.45) is 11.3 Å². The normalized spacial score (nSPS) is 30.2. The summed E-state index contributed by atoms with van der Waals surface area (Å²) >= 11 is 0. The van der Waals surface area contributed by atoms with Crippen LogP contribution in [0.15, 0.2) is 60.7 Å². The quantitative estimate of drug-likeness (QED) is 0.430. The van der Waals surface area contributed by atoms with Gasteiger partial charge in [-0.05, 0) is 36.4 Å². The van der Waals surface area contributed by atoms with E-state index in [1.807, 2.05) is 36.4 Å². The molecule has 2 aliphatic heterocycles. The molecular weight excluding hydrogens is 372 g/mol. The Labute approximate surface area is 170 Å². The van der Waals surface area contributed by atoms with Crippen LogP contribution >= 0.6 is 0 Å². The molecule has 1 aromatic rings. The number of rotatable bonds is 5. The second kappa shape index (κ2) is 7.04. The van der Waals surface area contributed by atoms with E-state index in [2.05, 4.69) is 20.4 Å². The van der Waals surface area contributed by atoms with Gasteiger partial charge in [-0.15, -0.1) is 0 Å². The predicted molar refractivity (Wildman–Crippen MR) is 107 cm³/mol. The summed E-state index contributed by atoms with van der Waals surface area (Å²) < 4.78 is 29.4. The van der Waals surface area contributed by atoms with E-state index in [1.165, 1.54) is 0 Å². The molecule has 0 bridgehead atoms. The zero-order valence-electron chi connectivity index (χ0n) is 17.0. The number of fused-ring (bicyclic) bond motifs is 2. The second-order valence-electron chi connectivity index (χ2n) is 8.40. The molecule has 0 aromatic heterocycles. The standard InChI is InChI=1S/C23H26O6/c1-5-6-18-19-22(29-20(18)24,15-26-17-9-7-16(25-4)8-10-17)11-12-23(19)27-13-21(2,3)14-28-23/h5-12,19H,1,13-15H2,2-4H3/b18-6-/t19-,22+/m0/s1. The lowest BCUT2D eigenvalue weighted by Gasteiger charge is -2.44. The van der Waals surface area contributed by atoms with Gasteiger partial charge in [0.2, 0.25) is 0 Å². The molecule has 0 radical (unpaired) electrons. The third-order valence-electron chi connectivity index (χ3n) is 5.52. The smallest absolute Gasteiger partial charge is 0.335 e. The van der Waals surface area contributed by atoms with E-state index in [4.69, 9.17) is 23.7 Å². The molecule has 1 aliphatic carbocycles. The Morgan fingerprint density at radius 2 is 1.79 bits per heavy atom. The number of esters is 1. The highest BCUT2D eigenvalue weighted by atomic mass is 16.7. The molecule has 4 rings (SSSR count). The summed E-state index contributed by atoms with van der Waals surface area (Å²) in [5, 5.41) is 0. The number of hydrogen-bond acceptors (Lipinski definition) is 6. The Morgan fingerprint density at radius 1 is 1.14 bits per heavy atom. The Bertz CT molecular complexity index is 856. The molecule has 2 heterocycles. The lowest BCUT2D eigenvalue weighted by Crippen LogP contribution is -2.54. The number of ether oxygens (including phenoxy) is 5. The number of hydrogen-bond donors (Lipinski definition) is 0. The van der Waals surface area contributed by atoms with Gasteiger partial charge in [0, 0.05) is 5.41 Å².